The minimum absolute atomic E-state index is 0.0298. The Balaban J connectivity index is 2.09. The zero-order valence-electron chi connectivity index (χ0n) is 12.1. The molecule has 0 aliphatic carbocycles. The highest BCUT2D eigenvalue weighted by Crippen LogP contribution is 2.16. The summed E-state index contributed by atoms with van der Waals surface area (Å²) in [7, 11) is 1.30. The minimum atomic E-state index is -0.734. The third-order valence-corrected chi connectivity index (χ3v) is 3.73. The van der Waals surface area contributed by atoms with Crippen molar-refractivity contribution in [2.45, 2.75) is 12.5 Å². The zero-order chi connectivity index (χ0) is 15.7. The average molecular weight is 296 g/mol. The molecular weight excluding hydrogens is 280 g/mol. The number of para-hydroxylation sites is 1. The summed E-state index contributed by atoms with van der Waals surface area (Å²) in [5, 5.41) is 1.23. The van der Waals surface area contributed by atoms with Gasteiger partial charge in [0, 0.05) is 21.8 Å². The van der Waals surface area contributed by atoms with E-state index in [2.05, 4.69) is 9.72 Å². The molecule has 0 fully saturated rings. The molecule has 0 saturated heterocycles. The molecule has 5 heteroatoms. The number of nitrogens with two attached hydrogens (primary N) is 1. The van der Waals surface area contributed by atoms with E-state index in [-0.39, 0.29) is 5.43 Å². The maximum Gasteiger partial charge on any atom is 0.322 e. The summed E-state index contributed by atoms with van der Waals surface area (Å²) in [5.41, 5.74) is 8.14. The van der Waals surface area contributed by atoms with Crippen molar-refractivity contribution >= 4 is 27.8 Å². The molecule has 112 valence electrons. The molecule has 0 aliphatic heterocycles. The predicted octanol–water partition coefficient (Wildman–Crippen LogP) is 1.72. The van der Waals surface area contributed by atoms with Crippen molar-refractivity contribution in [1.29, 1.82) is 0 Å². The molecule has 22 heavy (non-hydrogen) atoms. The quantitative estimate of drug-likeness (QED) is 0.569. The van der Waals surface area contributed by atoms with E-state index in [1.54, 1.807) is 12.1 Å². The smallest absolute Gasteiger partial charge is 0.322 e. The normalized spacial score (nSPS) is 12.5. The molecule has 0 unspecified atom stereocenters. The Labute approximate surface area is 126 Å². The van der Waals surface area contributed by atoms with Crippen LogP contribution >= 0.6 is 0 Å². The van der Waals surface area contributed by atoms with Crippen LogP contribution in [0.4, 0.5) is 0 Å². The van der Waals surface area contributed by atoms with Gasteiger partial charge >= 0.3 is 5.97 Å². The van der Waals surface area contributed by atoms with E-state index in [1.165, 1.54) is 7.11 Å². The number of aromatic amines is 1. The van der Waals surface area contributed by atoms with Gasteiger partial charge in [-0.05, 0) is 36.2 Å². The summed E-state index contributed by atoms with van der Waals surface area (Å²) in [4.78, 5) is 27.2. The Bertz CT molecular complexity index is 915. The molecule has 1 heterocycles. The van der Waals surface area contributed by atoms with E-state index in [4.69, 9.17) is 5.73 Å². The number of fused-ring (bicyclic) bond motifs is 2. The number of carbonyl (C=O) groups is 1. The summed E-state index contributed by atoms with van der Waals surface area (Å²) in [6.45, 7) is 0. The molecule has 3 N–H and O–H groups in total. The molecule has 0 saturated carbocycles. The first-order chi connectivity index (χ1) is 10.6. The van der Waals surface area contributed by atoms with Gasteiger partial charge in [-0.1, -0.05) is 18.2 Å². The van der Waals surface area contributed by atoms with Crippen LogP contribution < -0.4 is 11.2 Å². The van der Waals surface area contributed by atoms with E-state index < -0.39 is 12.0 Å². The van der Waals surface area contributed by atoms with Crippen molar-refractivity contribution < 1.29 is 9.53 Å². The molecule has 0 radical (unpaired) electrons. The highest BCUT2D eigenvalue weighted by atomic mass is 16.5. The van der Waals surface area contributed by atoms with E-state index in [1.807, 2.05) is 30.3 Å². The number of hydrogen-bond donors (Lipinski definition) is 2. The molecule has 3 aromatic rings. The summed E-state index contributed by atoms with van der Waals surface area (Å²) >= 11 is 0. The van der Waals surface area contributed by atoms with Gasteiger partial charge in [0.1, 0.15) is 6.04 Å². The summed E-state index contributed by atoms with van der Waals surface area (Å²) in [6.07, 6.45) is 0.328. The van der Waals surface area contributed by atoms with Crippen molar-refractivity contribution in [1.82, 2.24) is 4.98 Å². The molecule has 1 aromatic heterocycles. The van der Waals surface area contributed by atoms with E-state index in [0.717, 1.165) is 16.6 Å². The van der Waals surface area contributed by atoms with Crippen LogP contribution in [0, 0.1) is 0 Å². The fourth-order valence-corrected chi connectivity index (χ4v) is 2.58. The SMILES string of the molecule is COC(=O)[C@@H](N)Cc1ccc2[nH]c3ccccc3c(=O)c2c1. The molecule has 0 bridgehead atoms. The van der Waals surface area contributed by atoms with Crippen molar-refractivity contribution in [2.75, 3.05) is 7.11 Å². The van der Waals surface area contributed by atoms with Crippen LogP contribution in [0.2, 0.25) is 0 Å². The largest absolute Gasteiger partial charge is 0.468 e. The molecule has 1 atom stereocenters. The number of H-pyrrole nitrogens is 1. The van der Waals surface area contributed by atoms with Gasteiger partial charge < -0.3 is 15.5 Å². The monoisotopic (exact) mass is 296 g/mol. The molecule has 0 aliphatic rings. The lowest BCUT2D eigenvalue weighted by Crippen LogP contribution is -2.33. The second-order valence-corrected chi connectivity index (χ2v) is 5.21. The van der Waals surface area contributed by atoms with Crippen molar-refractivity contribution in [2.24, 2.45) is 5.73 Å². The van der Waals surface area contributed by atoms with Gasteiger partial charge in [-0.2, -0.15) is 0 Å². The minimum Gasteiger partial charge on any atom is -0.468 e. The molecule has 0 amide bonds. The number of nitrogens with one attached hydrogen (secondary N) is 1. The number of aromatic nitrogens is 1. The van der Waals surface area contributed by atoms with Crippen LogP contribution in [0.5, 0.6) is 0 Å². The van der Waals surface area contributed by atoms with Crippen LogP contribution in [-0.2, 0) is 16.0 Å². The van der Waals surface area contributed by atoms with Gasteiger partial charge in [0.05, 0.1) is 7.11 Å². The van der Waals surface area contributed by atoms with Crippen LogP contribution in [0.3, 0.4) is 0 Å². The molecule has 2 aromatic carbocycles. The number of methoxy groups -OCH3 is 1. The first-order valence-electron chi connectivity index (χ1n) is 6.97. The average Bonchev–Trinajstić information content (AvgIpc) is 2.55. The topological polar surface area (TPSA) is 85.2 Å². The van der Waals surface area contributed by atoms with Crippen molar-refractivity contribution in [3.05, 3.63) is 58.3 Å². The Morgan fingerprint density at radius 3 is 2.68 bits per heavy atom. The molecule has 0 spiro atoms. The number of rotatable bonds is 3. The van der Waals surface area contributed by atoms with E-state index >= 15 is 0 Å². The van der Waals surface area contributed by atoms with Gasteiger partial charge in [-0.15, -0.1) is 0 Å². The summed E-state index contributed by atoms with van der Waals surface area (Å²) in [5.74, 6) is -0.465. The van der Waals surface area contributed by atoms with Crippen molar-refractivity contribution in [3.63, 3.8) is 0 Å². The molecular formula is C17H16N2O3. The molecule has 5 nitrogen and oxygen atoms in total. The van der Waals surface area contributed by atoms with E-state index in [9.17, 15) is 9.59 Å². The number of hydrogen-bond acceptors (Lipinski definition) is 4. The Morgan fingerprint density at radius 1 is 1.18 bits per heavy atom. The second-order valence-electron chi connectivity index (χ2n) is 5.21. The number of benzene rings is 2. The number of ether oxygens (including phenoxy) is 1. The number of carbonyl (C=O) groups excluding carboxylic acids is 1. The van der Waals surface area contributed by atoms with Gasteiger partial charge in [0.2, 0.25) is 0 Å². The fourth-order valence-electron chi connectivity index (χ4n) is 2.58. The lowest BCUT2D eigenvalue weighted by Gasteiger charge is -2.10. The Kier molecular flexibility index (Phi) is 3.65. The lowest BCUT2D eigenvalue weighted by atomic mass is 10.0. The van der Waals surface area contributed by atoms with Crippen LogP contribution in [0.15, 0.2) is 47.3 Å². The van der Waals surface area contributed by atoms with Crippen LogP contribution in [0.25, 0.3) is 21.8 Å². The number of esters is 1. The maximum atomic E-state index is 12.6. The van der Waals surface area contributed by atoms with Gasteiger partial charge in [0.15, 0.2) is 5.43 Å². The highest BCUT2D eigenvalue weighted by molar-refractivity contribution is 5.92. The zero-order valence-corrected chi connectivity index (χ0v) is 12.1. The Morgan fingerprint density at radius 2 is 1.91 bits per heavy atom. The third-order valence-electron chi connectivity index (χ3n) is 3.73. The van der Waals surface area contributed by atoms with Gasteiger partial charge in [-0.3, -0.25) is 9.59 Å². The lowest BCUT2D eigenvalue weighted by molar-refractivity contribution is -0.142. The molecule has 3 rings (SSSR count). The first-order valence-corrected chi connectivity index (χ1v) is 6.97. The summed E-state index contributed by atoms with van der Waals surface area (Å²) < 4.78 is 4.62. The Hall–Kier alpha value is -2.66. The maximum absolute atomic E-state index is 12.6. The fraction of sp³-hybridized carbons (Fsp3) is 0.176. The third kappa shape index (κ3) is 2.46. The van der Waals surface area contributed by atoms with Crippen LogP contribution in [0.1, 0.15) is 5.56 Å². The second kappa shape index (κ2) is 5.61. The van der Waals surface area contributed by atoms with Gasteiger partial charge in [0.25, 0.3) is 0 Å². The van der Waals surface area contributed by atoms with E-state index in [0.29, 0.717) is 17.2 Å². The van der Waals surface area contributed by atoms with Crippen molar-refractivity contribution in [3.8, 4) is 0 Å². The number of pyridine rings is 1. The predicted molar refractivity (Wildman–Crippen MR) is 85.8 cm³/mol. The van der Waals surface area contributed by atoms with Gasteiger partial charge in [-0.25, -0.2) is 0 Å². The van der Waals surface area contributed by atoms with Crippen LogP contribution in [-0.4, -0.2) is 24.1 Å². The first kappa shape index (κ1) is 14.3. The summed E-state index contributed by atoms with van der Waals surface area (Å²) in [6, 6.07) is 12.1. The highest BCUT2D eigenvalue weighted by Gasteiger charge is 2.15. The standard InChI is InChI=1S/C17H16N2O3/c1-22-17(21)13(18)9-10-6-7-15-12(8-10)16(20)11-4-2-3-5-14(11)19-15/h2-8,13H,9,18H2,1H3,(H,19,20)/t13-/m0/s1.